The Kier molecular flexibility index (Phi) is 6.18. The summed E-state index contributed by atoms with van der Waals surface area (Å²) in [7, 11) is 0. The number of thiazole rings is 1. The van der Waals surface area contributed by atoms with Crippen molar-refractivity contribution in [1.82, 2.24) is 10.3 Å². The SMILES string of the molecule is Cc1nc(-c2cc(C(C)NC(C)Cc3ccc(Cl)cc3Cl)cs2)cs1. The van der Waals surface area contributed by atoms with Gasteiger partial charge in [-0.3, -0.25) is 0 Å². The van der Waals surface area contributed by atoms with Crippen molar-refractivity contribution in [3.8, 4) is 10.6 Å². The molecular weight excluding hydrogens is 391 g/mol. The van der Waals surface area contributed by atoms with Gasteiger partial charge in [-0.15, -0.1) is 22.7 Å². The highest BCUT2D eigenvalue weighted by Crippen LogP contribution is 2.31. The Morgan fingerprint density at radius 3 is 2.60 bits per heavy atom. The topological polar surface area (TPSA) is 24.9 Å². The van der Waals surface area contributed by atoms with E-state index >= 15 is 0 Å². The standard InChI is InChI=1S/C19H20Cl2N2S2/c1-11(6-14-4-5-16(20)8-17(14)21)22-12(2)15-7-19(25-9-15)18-10-24-13(3)23-18/h4-5,7-12,22H,6H2,1-3H3. The van der Waals surface area contributed by atoms with Crippen LogP contribution in [0.15, 0.2) is 35.0 Å². The molecule has 6 heteroatoms. The first kappa shape index (κ1) is 18.9. The van der Waals surface area contributed by atoms with Gasteiger partial charge in [0, 0.05) is 27.5 Å². The zero-order valence-corrected chi connectivity index (χ0v) is 17.5. The van der Waals surface area contributed by atoms with Gasteiger partial charge in [0.15, 0.2) is 0 Å². The number of benzene rings is 1. The fourth-order valence-corrected chi connectivity index (χ4v) is 4.93. The van der Waals surface area contributed by atoms with Crippen LogP contribution in [-0.4, -0.2) is 11.0 Å². The summed E-state index contributed by atoms with van der Waals surface area (Å²) < 4.78 is 0. The molecule has 0 aliphatic heterocycles. The van der Waals surface area contributed by atoms with Crippen LogP contribution in [0, 0.1) is 6.92 Å². The number of hydrogen-bond acceptors (Lipinski definition) is 4. The molecule has 25 heavy (non-hydrogen) atoms. The smallest absolute Gasteiger partial charge is 0.0914 e. The maximum Gasteiger partial charge on any atom is 0.0914 e. The first-order valence-electron chi connectivity index (χ1n) is 8.13. The molecule has 1 aromatic carbocycles. The zero-order valence-electron chi connectivity index (χ0n) is 14.3. The molecule has 132 valence electrons. The first-order valence-corrected chi connectivity index (χ1v) is 10.6. The lowest BCUT2D eigenvalue weighted by Gasteiger charge is -2.20. The molecule has 0 fully saturated rings. The average molecular weight is 411 g/mol. The summed E-state index contributed by atoms with van der Waals surface area (Å²) in [6.45, 7) is 6.41. The molecule has 0 aliphatic carbocycles. The van der Waals surface area contributed by atoms with Crippen molar-refractivity contribution in [1.29, 1.82) is 0 Å². The lowest BCUT2D eigenvalue weighted by molar-refractivity contribution is 0.478. The van der Waals surface area contributed by atoms with Gasteiger partial charge >= 0.3 is 0 Å². The van der Waals surface area contributed by atoms with E-state index in [1.54, 1.807) is 28.7 Å². The fourth-order valence-electron chi connectivity index (χ4n) is 2.79. The van der Waals surface area contributed by atoms with Crippen LogP contribution in [0.1, 0.15) is 36.0 Å². The largest absolute Gasteiger partial charge is 0.307 e. The molecule has 0 amide bonds. The van der Waals surface area contributed by atoms with Crippen LogP contribution in [0.5, 0.6) is 0 Å². The summed E-state index contributed by atoms with van der Waals surface area (Å²) in [5.41, 5.74) is 3.48. The maximum absolute atomic E-state index is 6.28. The lowest BCUT2D eigenvalue weighted by atomic mass is 10.0. The van der Waals surface area contributed by atoms with Crippen LogP contribution in [0.4, 0.5) is 0 Å². The van der Waals surface area contributed by atoms with Gasteiger partial charge in [0.25, 0.3) is 0 Å². The molecule has 0 spiro atoms. The second kappa shape index (κ2) is 8.19. The molecule has 0 radical (unpaired) electrons. The Bertz CT molecular complexity index is 857. The number of aryl methyl sites for hydroxylation is 1. The molecule has 3 aromatic rings. The maximum atomic E-state index is 6.28. The summed E-state index contributed by atoms with van der Waals surface area (Å²) in [6.07, 6.45) is 0.864. The van der Waals surface area contributed by atoms with Crippen molar-refractivity contribution in [3.63, 3.8) is 0 Å². The Labute approximate surface area is 166 Å². The third-order valence-corrected chi connectivity index (χ3v) is 6.40. The zero-order chi connectivity index (χ0) is 18.0. The Morgan fingerprint density at radius 1 is 1.12 bits per heavy atom. The van der Waals surface area contributed by atoms with Crippen LogP contribution in [0.3, 0.4) is 0 Å². The molecule has 2 atom stereocenters. The van der Waals surface area contributed by atoms with Gasteiger partial charge in [-0.05, 0) is 61.9 Å². The van der Waals surface area contributed by atoms with Crippen LogP contribution in [0.2, 0.25) is 10.0 Å². The van der Waals surface area contributed by atoms with Crippen molar-refractivity contribution >= 4 is 45.9 Å². The molecule has 0 saturated carbocycles. The van der Waals surface area contributed by atoms with E-state index in [0.29, 0.717) is 11.1 Å². The number of thiophene rings is 1. The van der Waals surface area contributed by atoms with E-state index in [1.165, 1.54) is 10.4 Å². The molecular formula is C19H20Cl2N2S2. The van der Waals surface area contributed by atoms with Crippen molar-refractivity contribution in [2.45, 2.75) is 39.3 Å². The summed E-state index contributed by atoms with van der Waals surface area (Å²) in [4.78, 5) is 5.79. The molecule has 0 saturated heterocycles. The van der Waals surface area contributed by atoms with E-state index in [9.17, 15) is 0 Å². The van der Waals surface area contributed by atoms with Crippen LogP contribution < -0.4 is 5.32 Å². The van der Waals surface area contributed by atoms with Gasteiger partial charge < -0.3 is 5.32 Å². The summed E-state index contributed by atoms with van der Waals surface area (Å²) in [6, 6.07) is 8.50. The quantitative estimate of drug-likeness (QED) is 0.484. The minimum absolute atomic E-state index is 0.269. The van der Waals surface area contributed by atoms with E-state index in [2.05, 4.69) is 41.0 Å². The predicted molar refractivity (Wildman–Crippen MR) is 111 cm³/mol. The number of nitrogens with one attached hydrogen (secondary N) is 1. The van der Waals surface area contributed by atoms with Crippen LogP contribution >= 0.6 is 45.9 Å². The van der Waals surface area contributed by atoms with Gasteiger partial charge in [0.1, 0.15) is 0 Å². The lowest BCUT2D eigenvalue weighted by Crippen LogP contribution is -2.30. The summed E-state index contributed by atoms with van der Waals surface area (Å²) in [5.74, 6) is 0. The summed E-state index contributed by atoms with van der Waals surface area (Å²) in [5, 5.41) is 10.5. The average Bonchev–Trinajstić information content (AvgIpc) is 3.18. The van der Waals surface area contributed by atoms with E-state index in [1.807, 2.05) is 19.1 Å². The van der Waals surface area contributed by atoms with E-state index in [0.717, 1.165) is 27.7 Å². The van der Waals surface area contributed by atoms with Crippen LogP contribution in [-0.2, 0) is 6.42 Å². The normalized spacial score (nSPS) is 13.8. The van der Waals surface area contributed by atoms with Gasteiger partial charge in [-0.25, -0.2) is 4.98 Å². The molecule has 0 aliphatic rings. The second-order valence-electron chi connectivity index (χ2n) is 6.23. The first-order chi connectivity index (χ1) is 11.9. The molecule has 0 bridgehead atoms. The van der Waals surface area contributed by atoms with E-state index in [4.69, 9.17) is 23.2 Å². The molecule has 2 aromatic heterocycles. The third-order valence-electron chi connectivity index (χ3n) is 4.07. The van der Waals surface area contributed by atoms with Crippen molar-refractivity contribution in [2.75, 3.05) is 0 Å². The molecule has 1 N–H and O–H groups in total. The van der Waals surface area contributed by atoms with Gasteiger partial charge in [-0.2, -0.15) is 0 Å². The molecule has 2 heterocycles. The number of hydrogen-bond donors (Lipinski definition) is 1. The molecule has 2 unspecified atom stereocenters. The Morgan fingerprint density at radius 2 is 1.92 bits per heavy atom. The third kappa shape index (κ3) is 4.83. The number of aromatic nitrogens is 1. The highest BCUT2D eigenvalue weighted by molar-refractivity contribution is 7.14. The van der Waals surface area contributed by atoms with Gasteiger partial charge in [0.2, 0.25) is 0 Å². The highest BCUT2D eigenvalue weighted by Gasteiger charge is 2.14. The summed E-state index contributed by atoms with van der Waals surface area (Å²) >= 11 is 15.7. The molecule has 3 rings (SSSR count). The minimum atomic E-state index is 0.269. The molecule has 2 nitrogen and oxygen atoms in total. The minimum Gasteiger partial charge on any atom is -0.307 e. The van der Waals surface area contributed by atoms with Crippen molar-refractivity contribution < 1.29 is 0 Å². The van der Waals surface area contributed by atoms with Gasteiger partial charge in [0.05, 0.1) is 15.6 Å². The van der Waals surface area contributed by atoms with E-state index < -0.39 is 0 Å². The number of nitrogens with zero attached hydrogens (tertiary/aromatic N) is 1. The monoisotopic (exact) mass is 410 g/mol. The number of rotatable bonds is 6. The van der Waals surface area contributed by atoms with Crippen molar-refractivity contribution in [2.24, 2.45) is 0 Å². The highest BCUT2D eigenvalue weighted by atomic mass is 35.5. The second-order valence-corrected chi connectivity index (χ2v) is 9.04. The predicted octanol–water partition coefficient (Wildman–Crippen LogP) is 6.77. The number of halogens is 2. The van der Waals surface area contributed by atoms with Crippen LogP contribution in [0.25, 0.3) is 10.6 Å². The van der Waals surface area contributed by atoms with E-state index in [-0.39, 0.29) is 6.04 Å². The van der Waals surface area contributed by atoms with Gasteiger partial charge in [-0.1, -0.05) is 29.3 Å². The Balaban J connectivity index is 1.63. The fraction of sp³-hybridized carbons (Fsp3) is 0.316. The Hall–Kier alpha value is -0.910. The van der Waals surface area contributed by atoms with Crippen molar-refractivity contribution in [3.05, 3.63) is 61.2 Å².